The number of methoxy groups -OCH3 is 2. The number of fused-ring (bicyclic) bond motifs is 1. The molecule has 0 radical (unpaired) electrons. The van der Waals surface area contributed by atoms with Crippen molar-refractivity contribution >= 4 is 23.9 Å². The van der Waals surface area contributed by atoms with E-state index in [1.807, 2.05) is 36.4 Å². The van der Waals surface area contributed by atoms with Crippen LogP contribution in [0.25, 0.3) is 0 Å². The Kier molecular flexibility index (Phi) is 9.53. The molecular weight excluding hydrogens is 548 g/mol. The van der Waals surface area contributed by atoms with Crippen LogP contribution in [0.3, 0.4) is 0 Å². The van der Waals surface area contributed by atoms with Crippen LogP contribution in [0.15, 0.2) is 42.5 Å². The lowest BCUT2D eigenvalue weighted by molar-refractivity contribution is -0.367. The molecule has 1 unspecified atom stereocenters. The fraction of sp³-hybridized carbons (Fsp3) is 0.484. The number of benzene rings is 2. The van der Waals surface area contributed by atoms with Crippen molar-refractivity contribution in [3.63, 3.8) is 0 Å². The van der Waals surface area contributed by atoms with Crippen molar-refractivity contribution in [1.29, 1.82) is 0 Å². The number of ether oxygens (including phenoxy) is 7. The van der Waals surface area contributed by atoms with Crippen LogP contribution in [0.2, 0.25) is 0 Å². The predicted molar refractivity (Wildman–Crippen MR) is 146 cm³/mol. The molecule has 6 atom stereocenters. The van der Waals surface area contributed by atoms with Gasteiger partial charge in [0, 0.05) is 46.3 Å². The zero-order valence-electron chi connectivity index (χ0n) is 24.5. The maximum absolute atomic E-state index is 12.4. The van der Waals surface area contributed by atoms with Crippen LogP contribution in [0.1, 0.15) is 62.3 Å². The molecule has 2 aromatic carbocycles. The van der Waals surface area contributed by atoms with Crippen molar-refractivity contribution in [3.8, 4) is 5.75 Å². The summed E-state index contributed by atoms with van der Waals surface area (Å²) in [7, 11) is 2.98. The normalized spacial score (nSPS) is 26.5. The largest absolute Gasteiger partial charge is 0.497 e. The molecule has 0 amide bonds. The maximum Gasteiger partial charge on any atom is 0.303 e. The molecule has 1 aliphatic carbocycles. The lowest BCUT2D eigenvalue weighted by Crippen LogP contribution is -2.67. The van der Waals surface area contributed by atoms with E-state index in [-0.39, 0.29) is 12.5 Å². The van der Waals surface area contributed by atoms with Crippen LogP contribution >= 0.6 is 0 Å². The molecule has 1 aliphatic heterocycles. The van der Waals surface area contributed by atoms with Gasteiger partial charge in [0.25, 0.3) is 0 Å². The van der Waals surface area contributed by atoms with Crippen molar-refractivity contribution in [2.45, 2.75) is 76.7 Å². The summed E-state index contributed by atoms with van der Waals surface area (Å²) in [6, 6.07) is 13.5. The van der Waals surface area contributed by atoms with Crippen LogP contribution in [-0.2, 0) is 59.8 Å². The van der Waals surface area contributed by atoms with Gasteiger partial charge in [0.1, 0.15) is 18.5 Å². The van der Waals surface area contributed by atoms with Gasteiger partial charge in [-0.25, -0.2) is 0 Å². The minimum Gasteiger partial charge on any atom is -0.497 e. The molecule has 11 nitrogen and oxygen atoms in total. The molecule has 2 aromatic rings. The Bertz CT molecular complexity index is 1320. The number of carbonyl (C=O) groups is 4. The van der Waals surface area contributed by atoms with Gasteiger partial charge in [0.05, 0.1) is 7.11 Å². The zero-order valence-corrected chi connectivity index (χ0v) is 24.5. The second-order valence-corrected chi connectivity index (χ2v) is 10.3. The second-order valence-electron chi connectivity index (χ2n) is 10.3. The fourth-order valence-corrected chi connectivity index (χ4v) is 5.78. The third-order valence-electron chi connectivity index (χ3n) is 7.48. The molecule has 1 saturated heterocycles. The first-order valence-electron chi connectivity index (χ1n) is 13.6. The summed E-state index contributed by atoms with van der Waals surface area (Å²) in [5.74, 6) is -3.77. The molecule has 226 valence electrons. The van der Waals surface area contributed by atoms with Gasteiger partial charge in [-0.3, -0.25) is 19.2 Å². The lowest BCUT2D eigenvalue weighted by Gasteiger charge is -2.50. The van der Waals surface area contributed by atoms with E-state index in [1.54, 1.807) is 13.2 Å². The number of esters is 4. The van der Waals surface area contributed by atoms with Gasteiger partial charge in [-0.1, -0.05) is 24.3 Å². The highest BCUT2D eigenvalue weighted by Crippen LogP contribution is 2.46. The van der Waals surface area contributed by atoms with Crippen LogP contribution in [0.4, 0.5) is 0 Å². The van der Waals surface area contributed by atoms with Crippen molar-refractivity contribution in [2.24, 2.45) is 0 Å². The minimum atomic E-state index is -1.84. The Balaban J connectivity index is 1.85. The molecule has 11 heteroatoms. The van der Waals surface area contributed by atoms with Crippen molar-refractivity contribution < 1.29 is 52.3 Å². The smallest absolute Gasteiger partial charge is 0.303 e. The summed E-state index contributed by atoms with van der Waals surface area (Å²) in [5.41, 5.74) is 3.74. The number of carbonyl (C=O) groups excluding carboxylic acids is 4. The van der Waals surface area contributed by atoms with Crippen LogP contribution < -0.4 is 4.74 Å². The summed E-state index contributed by atoms with van der Waals surface area (Å²) in [4.78, 5) is 48.6. The van der Waals surface area contributed by atoms with Gasteiger partial charge < -0.3 is 33.2 Å². The van der Waals surface area contributed by atoms with E-state index >= 15 is 0 Å². The topological polar surface area (TPSA) is 133 Å². The SMILES string of the molecule is COc1ccc(C2CCc3ccc([C@]4(OC)O[C@H](COC(C)=O)[C@@H](OC(C)=O)[C@H](OC(C)=O)[C@H]4OC(C)=O)cc32)cc1. The van der Waals surface area contributed by atoms with E-state index in [9.17, 15) is 19.2 Å². The molecule has 0 N–H and O–H groups in total. The van der Waals surface area contributed by atoms with E-state index in [2.05, 4.69) is 0 Å². The number of hydrogen-bond acceptors (Lipinski definition) is 11. The van der Waals surface area contributed by atoms with Gasteiger partial charge in [-0.2, -0.15) is 0 Å². The Morgan fingerprint density at radius 2 is 1.48 bits per heavy atom. The first kappa shape index (κ1) is 31.0. The summed E-state index contributed by atoms with van der Waals surface area (Å²) in [5, 5.41) is 0. The fourth-order valence-electron chi connectivity index (χ4n) is 5.78. The highest BCUT2D eigenvalue weighted by molar-refractivity contribution is 5.69. The van der Waals surface area contributed by atoms with Gasteiger partial charge in [0.2, 0.25) is 11.9 Å². The van der Waals surface area contributed by atoms with Crippen LogP contribution in [0.5, 0.6) is 5.75 Å². The quantitative estimate of drug-likeness (QED) is 0.317. The van der Waals surface area contributed by atoms with E-state index < -0.39 is 54.1 Å². The molecule has 0 bridgehead atoms. The van der Waals surface area contributed by atoms with Gasteiger partial charge >= 0.3 is 23.9 Å². The van der Waals surface area contributed by atoms with Crippen LogP contribution in [-0.4, -0.2) is 69.1 Å². The summed E-state index contributed by atoms with van der Waals surface area (Å²) < 4.78 is 39.9. The first-order chi connectivity index (χ1) is 20.0. The Hall–Kier alpha value is -3.96. The van der Waals surface area contributed by atoms with Gasteiger partial charge in [0.15, 0.2) is 12.2 Å². The van der Waals surface area contributed by atoms with Gasteiger partial charge in [-0.05, 0) is 47.7 Å². The average molecular weight is 585 g/mol. The summed E-state index contributed by atoms with van der Waals surface area (Å²) in [6.45, 7) is 4.40. The average Bonchev–Trinajstić information content (AvgIpc) is 3.37. The second kappa shape index (κ2) is 12.9. The lowest BCUT2D eigenvalue weighted by atomic mass is 9.84. The standard InChI is InChI=1S/C31H36O11/c1-17(32)38-16-27-28(39-18(2)33)29(40-19(3)34)30(41-20(4)35)31(37-6,42-27)23-11-7-22-10-14-25(26(22)15-23)21-8-12-24(36-5)13-9-21/h7-9,11-13,15,25,27-30H,10,14,16H2,1-6H3/t25?,27-,28-,29+,30-,31+/m1/s1. The van der Waals surface area contributed by atoms with E-state index in [0.717, 1.165) is 35.3 Å². The van der Waals surface area contributed by atoms with E-state index in [0.29, 0.717) is 5.56 Å². The molecule has 0 aromatic heterocycles. The molecule has 2 aliphatic rings. The third-order valence-corrected chi connectivity index (χ3v) is 7.48. The molecule has 42 heavy (non-hydrogen) atoms. The Morgan fingerprint density at radius 3 is 2.05 bits per heavy atom. The number of hydrogen-bond donors (Lipinski definition) is 0. The van der Waals surface area contributed by atoms with Crippen molar-refractivity contribution in [2.75, 3.05) is 20.8 Å². The predicted octanol–water partition coefficient (Wildman–Crippen LogP) is 3.33. The monoisotopic (exact) mass is 584 g/mol. The summed E-state index contributed by atoms with van der Waals surface area (Å²) in [6.07, 6.45) is -3.49. The molecule has 0 spiro atoms. The zero-order chi connectivity index (χ0) is 30.6. The summed E-state index contributed by atoms with van der Waals surface area (Å²) >= 11 is 0. The highest BCUT2D eigenvalue weighted by atomic mass is 16.7. The molecule has 4 rings (SSSR count). The Labute approximate surface area is 244 Å². The van der Waals surface area contributed by atoms with Gasteiger partial charge in [-0.15, -0.1) is 0 Å². The highest BCUT2D eigenvalue weighted by Gasteiger charge is 2.61. The van der Waals surface area contributed by atoms with E-state index in [1.165, 1.54) is 34.8 Å². The minimum absolute atomic E-state index is 0.0606. The molecular formula is C31H36O11. The molecule has 1 fully saturated rings. The first-order valence-corrected chi connectivity index (χ1v) is 13.6. The van der Waals surface area contributed by atoms with Crippen molar-refractivity contribution in [1.82, 2.24) is 0 Å². The molecule has 1 heterocycles. The molecule has 0 saturated carbocycles. The van der Waals surface area contributed by atoms with Crippen molar-refractivity contribution in [3.05, 3.63) is 64.7 Å². The van der Waals surface area contributed by atoms with E-state index in [4.69, 9.17) is 33.2 Å². The maximum atomic E-state index is 12.4. The number of rotatable bonds is 9. The third kappa shape index (κ3) is 6.42. The Morgan fingerprint density at radius 1 is 0.833 bits per heavy atom. The van der Waals surface area contributed by atoms with Crippen LogP contribution in [0, 0.1) is 0 Å². The number of aryl methyl sites for hydroxylation is 1.